The van der Waals surface area contributed by atoms with Crippen LogP contribution in [0.5, 0.6) is 0 Å². The van der Waals surface area contributed by atoms with Gasteiger partial charge in [0.15, 0.2) is 0 Å². The Balaban J connectivity index is 0.000000209. The predicted octanol–water partition coefficient (Wildman–Crippen LogP) is 4.57. The van der Waals surface area contributed by atoms with E-state index in [1.807, 2.05) is 47.5 Å². The topological polar surface area (TPSA) is 127 Å². The lowest BCUT2D eigenvalue weighted by Gasteiger charge is -2.32. The van der Waals surface area contributed by atoms with Crippen LogP contribution in [0.1, 0.15) is 55.5 Å². The summed E-state index contributed by atoms with van der Waals surface area (Å²) in [6.07, 6.45) is 9.56. The number of nitrogens with two attached hydrogens (primary N) is 1. The quantitative estimate of drug-likeness (QED) is 0.226. The van der Waals surface area contributed by atoms with Crippen molar-refractivity contribution in [2.75, 3.05) is 39.3 Å². The molecule has 0 amide bonds. The maximum absolute atomic E-state index is 13.6. The van der Waals surface area contributed by atoms with Crippen LogP contribution in [0.25, 0.3) is 22.1 Å². The Morgan fingerprint density at radius 2 is 1.21 bits per heavy atom. The number of aryl methyl sites for hydroxylation is 3. The minimum atomic E-state index is -0.252. The average molecular weight is 712 g/mol. The van der Waals surface area contributed by atoms with Gasteiger partial charge < -0.3 is 30.0 Å². The van der Waals surface area contributed by atoms with Crippen LogP contribution >= 0.6 is 0 Å². The van der Waals surface area contributed by atoms with Crippen molar-refractivity contribution >= 4 is 22.1 Å². The lowest BCUT2D eigenvalue weighted by atomic mass is 10.0. The van der Waals surface area contributed by atoms with Gasteiger partial charge in [-0.05, 0) is 120 Å². The molecule has 12 heteroatoms. The van der Waals surface area contributed by atoms with Crippen molar-refractivity contribution < 1.29 is 4.39 Å². The number of hydrogen-bond acceptors (Lipinski definition) is 9. The number of pyridine rings is 5. The molecule has 0 saturated carbocycles. The second kappa shape index (κ2) is 17.9. The molecule has 0 bridgehead atoms. The molecule has 0 aliphatic carbocycles. The summed E-state index contributed by atoms with van der Waals surface area (Å²) in [7, 11) is 0. The van der Waals surface area contributed by atoms with Crippen molar-refractivity contribution in [3.05, 3.63) is 110 Å². The highest BCUT2D eigenvalue weighted by molar-refractivity contribution is 5.75. The molecule has 0 aromatic carbocycles. The molecular weight excluding hydrogens is 657 g/mol. The summed E-state index contributed by atoms with van der Waals surface area (Å²) in [5, 5.41) is 3.52. The first-order valence-electron chi connectivity index (χ1n) is 18.1. The highest BCUT2D eigenvalue weighted by atomic mass is 19.1. The molecule has 7 heterocycles. The first-order valence-corrected chi connectivity index (χ1v) is 18.1. The average Bonchev–Trinajstić information content (AvgIpc) is 3.13. The molecule has 0 spiro atoms. The van der Waals surface area contributed by atoms with Crippen molar-refractivity contribution in [2.45, 2.75) is 85.6 Å². The van der Waals surface area contributed by atoms with E-state index < -0.39 is 0 Å². The van der Waals surface area contributed by atoms with Crippen LogP contribution in [0.4, 0.5) is 4.39 Å². The number of nitrogens with one attached hydrogen (secondary N) is 1. The fraction of sp³-hybridized carbons (Fsp3) is 0.475. The number of fused-ring (bicyclic) bond motifs is 2. The van der Waals surface area contributed by atoms with E-state index in [2.05, 4.69) is 30.1 Å². The minimum absolute atomic E-state index is 0. The van der Waals surface area contributed by atoms with E-state index in [1.165, 1.54) is 0 Å². The molecule has 5 aromatic rings. The molecule has 11 nitrogen and oxygen atoms in total. The Hall–Kier alpha value is -4.36. The molecule has 0 unspecified atom stereocenters. The van der Waals surface area contributed by atoms with Crippen molar-refractivity contribution in [1.29, 1.82) is 0 Å². The van der Waals surface area contributed by atoms with Gasteiger partial charge in [0, 0.05) is 75.5 Å². The maximum Gasteiger partial charge on any atom is 0.251 e. The van der Waals surface area contributed by atoms with Crippen molar-refractivity contribution in [1.82, 2.24) is 39.2 Å². The minimum Gasteiger partial charge on any atom is -0.328 e. The fourth-order valence-electron chi connectivity index (χ4n) is 6.92. The van der Waals surface area contributed by atoms with Crippen LogP contribution in [0.3, 0.4) is 0 Å². The van der Waals surface area contributed by atoms with Crippen LogP contribution in [0.15, 0.2) is 70.6 Å². The van der Waals surface area contributed by atoms with Gasteiger partial charge in [0.25, 0.3) is 11.1 Å². The fourth-order valence-corrected chi connectivity index (χ4v) is 6.92. The molecule has 2 aliphatic rings. The normalized spacial score (nSPS) is 16.1. The molecule has 2 saturated heterocycles. The van der Waals surface area contributed by atoms with E-state index in [0.29, 0.717) is 37.4 Å². The first kappa shape index (κ1) is 38.9. The van der Waals surface area contributed by atoms with Gasteiger partial charge in [0.05, 0.1) is 27.8 Å². The van der Waals surface area contributed by atoms with Crippen molar-refractivity contribution in [3.8, 4) is 0 Å². The molecule has 2 aliphatic heterocycles. The lowest BCUT2D eigenvalue weighted by molar-refractivity contribution is 0.191. The molecule has 7 rings (SSSR count). The zero-order chi connectivity index (χ0) is 35.9. The molecule has 0 radical (unpaired) electrons. The molecule has 0 atom stereocenters. The third kappa shape index (κ3) is 9.94. The molecule has 52 heavy (non-hydrogen) atoms. The summed E-state index contributed by atoms with van der Waals surface area (Å²) < 4.78 is 17.3. The number of hydrogen-bond donors (Lipinski definition) is 2. The Bertz CT molecular complexity index is 2070. The summed E-state index contributed by atoms with van der Waals surface area (Å²) in [6, 6.07) is 13.2. The van der Waals surface area contributed by atoms with Crippen molar-refractivity contribution in [3.63, 3.8) is 0 Å². The van der Waals surface area contributed by atoms with Gasteiger partial charge in [-0.3, -0.25) is 24.5 Å². The maximum atomic E-state index is 13.6. The molecular formula is C40H54FN9O2. The molecule has 3 N–H and O–H groups in total. The summed E-state index contributed by atoms with van der Waals surface area (Å²) in [6.45, 7) is 13.4. The second-order valence-electron chi connectivity index (χ2n) is 14.1. The van der Waals surface area contributed by atoms with Gasteiger partial charge in [-0.1, -0.05) is 7.43 Å². The van der Waals surface area contributed by atoms with Gasteiger partial charge >= 0.3 is 0 Å². The lowest BCUT2D eigenvalue weighted by Crippen LogP contribution is -2.43. The van der Waals surface area contributed by atoms with Crippen LogP contribution < -0.4 is 22.2 Å². The summed E-state index contributed by atoms with van der Waals surface area (Å²) in [5.74, 6) is -0.252. The highest BCUT2D eigenvalue weighted by Crippen LogP contribution is 2.15. The third-order valence-corrected chi connectivity index (χ3v) is 10.1. The number of nitrogens with zero attached hydrogens (tertiary/aromatic N) is 7. The zero-order valence-corrected chi connectivity index (χ0v) is 30.0. The van der Waals surface area contributed by atoms with Gasteiger partial charge in [0.2, 0.25) is 0 Å². The monoisotopic (exact) mass is 711 g/mol. The largest absolute Gasteiger partial charge is 0.328 e. The van der Waals surface area contributed by atoms with Crippen LogP contribution in [-0.2, 0) is 19.6 Å². The molecule has 278 valence electrons. The number of piperidine rings is 2. The highest BCUT2D eigenvalue weighted by Gasteiger charge is 2.20. The molecule has 5 aromatic heterocycles. The van der Waals surface area contributed by atoms with Gasteiger partial charge in [-0.25, -0.2) is 4.39 Å². The Morgan fingerprint density at radius 1 is 0.712 bits per heavy atom. The standard InChI is InChI=1S/C23H28FN5O.C16H22N4O.CH4/c1-16-11-22-21(27-13-16)3-4-23(30)29(22)10-9-28-7-5-19(6-8-28)26-15-18-12-20(24)17(2)25-14-18;1-12-10-15-14(18-11-12)2-3-16(21)20(15)9-8-19-6-4-13(17)5-7-19;/h3-4,11-14,19,26H,5-10,15H2,1-2H3;2-3,10-11,13H,4-9,17H2,1H3;1H4. The summed E-state index contributed by atoms with van der Waals surface area (Å²) in [4.78, 5) is 42.3. The van der Waals surface area contributed by atoms with Crippen LogP contribution in [0.2, 0.25) is 0 Å². The zero-order valence-electron chi connectivity index (χ0n) is 30.0. The van der Waals surface area contributed by atoms with Gasteiger partial charge in [-0.15, -0.1) is 0 Å². The van der Waals surface area contributed by atoms with Crippen molar-refractivity contribution in [2.24, 2.45) is 5.73 Å². The summed E-state index contributed by atoms with van der Waals surface area (Å²) in [5.41, 5.74) is 13.0. The van der Waals surface area contributed by atoms with Gasteiger partial charge in [-0.2, -0.15) is 0 Å². The number of likely N-dealkylation sites (tertiary alicyclic amines) is 2. The number of rotatable bonds is 9. The Morgan fingerprint density at radius 3 is 1.71 bits per heavy atom. The van der Waals surface area contributed by atoms with E-state index in [-0.39, 0.29) is 24.4 Å². The second-order valence-corrected chi connectivity index (χ2v) is 14.1. The number of halogens is 1. The predicted molar refractivity (Wildman–Crippen MR) is 207 cm³/mol. The van der Waals surface area contributed by atoms with E-state index in [9.17, 15) is 14.0 Å². The van der Waals surface area contributed by atoms with E-state index in [4.69, 9.17) is 5.73 Å². The van der Waals surface area contributed by atoms with E-state index in [0.717, 1.165) is 104 Å². The van der Waals surface area contributed by atoms with E-state index >= 15 is 0 Å². The van der Waals surface area contributed by atoms with Gasteiger partial charge in [0.1, 0.15) is 5.82 Å². The Labute approximate surface area is 305 Å². The van der Waals surface area contributed by atoms with Crippen LogP contribution in [0, 0.1) is 26.6 Å². The molecule has 2 fully saturated rings. The Kier molecular flexibility index (Phi) is 13.4. The SMILES string of the molecule is C.Cc1cnc2ccc(=O)n(CCN3CCC(N)CC3)c2c1.Cc1cnc2ccc(=O)n(CCN3CCC(NCc4cnc(C)c(F)c4)CC3)c2c1. The first-order chi connectivity index (χ1) is 24.6. The number of aromatic nitrogens is 5. The third-order valence-electron chi connectivity index (χ3n) is 10.1. The van der Waals surface area contributed by atoms with Crippen LogP contribution in [-0.4, -0.2) is 85.2 Å². The van der Waals surface area contributed by atoms with E-state index in [1.54, 1.807) is 43.5 Å². The smallest absolute Gasteiger partial charge is 0.251 e. The summed E-state index contributed by atoms with van der Waals surface area (Å²) >= 11 is 0.